The summed E-state index contributed by atoms with van der Waals surface area (Å²) in [5.41, 5.74) is 2.45. The first-order chi connectivity index (χ1) is 12.7. The lowest BCUT2D eigenvalue weighted by Gasteiger charge is -2.22. The Kier molecular flexibility index (Phi) is 6.78. The van der Waals surface area contributed by atoms with E-state index in [2.05, 4.69) is 45.6 Å². The Labute approximate surface area is 158 Å². The second-order valence-corrected chi connectivity index (χ2v) is 7.65. The Morgan fingerprint density at radius 1 is 1.19 bits per heavy atom. The summed E-state index contributed by atoms with van der Waals surface area (Å²) in [4.78, 5) is 7.03. The van der Waals surface area contributed by atoms with Crippen LogP contribution in [0.25, 0.3) is 0 Å². The van der Waals surface area contributed by atoms with Gasteiger partial charge in [0.15, 0.2) is 5.96 Å². The van der Waals surface area contributed by atoms with Gasteiger partial charge < -0.3 is 15.4 Å². The van der Waals surface area contributed by atoms with Crippen LogP contribution in [-0.4, -0.2) is 57.2 Å². The summed E-state index contributed by atoms with van der Waals surface area (Å²) >= 11 is 0. The largest absolute Gasteiger partial charge is 0.496 e. The molecular weight excluding hydrogens is 324 g/mol. The number of hydrogen-bond donors (Lipinski definition) is 2. The lowest BCUT2D eigenvalue weighted by atomic mass is 10.1. The molecule has 0 aromatic heterocycles. The van der Waals surface area contributed by atoms with Crippen LogP contribution in [0.4, 0.5) is 0 Å². The summed E-state index contributed by atoms with van der Waals surface area (Å²) in [7, 11) is 3.57. The summed E-state index contributed by atoms with van der Waals surface area (Å²) in [5.74, 6) is 2.83. The number of ether oxygens (including phenoxy) is 1. The molecule has 0 spiro atoms. The van der Waals surface area contributed by atoms with E-state index in [1.54, 1.807) is 7.11 Å². The number of rotatable bonds is 10. The summed E-state index contributed by atoms with van der Waals surface area (Å²) in [6.45, 7) is 6.31. The number of nitrogens with zero attached hydrogens (tertiary/aromatic N) is 2. The molecule has 2 saturated carbocycles. The average Bonchev–Trinajstić information content (AvgIpc) is 3.54. The Hall–Kier alpha value is -1.75. The van der Waals surface area contributed by atoms with Gasteiger partial charge in [-0.05, 0) is 62.1 Å². The van der Waals surface area contributed by atoms with E-state index in [0.717, 1.165) is 49.7 Å². The lowest BCUT2D eigenvalue weighted by Crippen LogP contribution is -2.43. The maximum atomic E-state index is 5.40. The van der Waals surface area contributed by atoms with Crippen molar-refractivity contribution in [2.24, 2.45) is 10.9 Å². The van der Waals surface area contributed by atoms with E-state index in [4.69, 9.17) is 4.74 Å². The van der Waals surface area contributed by atoms with Crippen molar-refractivity contribution in [1.82, 2.24) is 15.5 Å². The van der Waals surface area contributed by atoms with Crippen LogP contribution in [0.15, 0.2) is 23.2 Å². The van der Waals surface area contributed by atoms with E-state index in [9.17, 15) is 0 Å². The van der Waals surface area contributed by atoms with Crippen LogP contribution in [0.5, 0.6) is 5.75 Å². The number of benzene rings is 1. The van der Waals surface area contributed by atoms with Gasteiger partial charge in [0.2, 0.25) is 0 Å². The third kappa shape index (κ3) is 5.90. The van der Waals surface area contributed by atoms with Gasteiger partial charge in [-0.1, -0.05) is 12.1 Å². The van der Waals surface area contributed by atoms with E-state index in [-0.39, 0.29) is 0 Å². The molecule has 2 aliphatic carbocycles. The molecule has 5 heteroatoms. The van der Waals surface area contributed by atoms with Gasteiger partial charge >= 0.3 is 0 Å². The van der Waals surface area contributed by atoms with Crippen LogP contribution in [0.2, 0.25) is 0 Å². The number of methoxy groups -OCH3 is 1. The van der Waals surface area contributed by atoms with Crippen LogP contribution in [0, 0.1) is 12.8 Å². The molecule has 26 heavy (non-hydrogen) atoms. The van der Waals surface area contributed by atoms with Crippen molar-refractivity contribution >= 4 is 5.96 Å². The average molecular weight is 359 g/mol. The van der Waals surface area contributed by atoms with E-state index >= 15 is 0 Å². The first-order valence-corrected chi connectivity index (χ1v) is 10.0. The maximum Gasteiger partial charge on any atom is 0.191 e. The third-order valence-corrected chi connectivity index (χ3v) is 5.35. The SMILES string of the molecule is CN=C(NCCc1ccc(C)c(OC)c1)NCCN(CC1CC1)C1CC1. The standard InChI is InChI=1S/C21H34N4O/c1-16-4-5-17(14-20(16)26-3)10-11-23-21(22-2)24-12-13-25(19-8-9-19)15-18-6-7-18/h4-5,14,18-19H,6-13,15H2,1-3H3,(H2,22,23,24). The normalized spacial score (nSPS) is 17.5. The Balaban J connectivity index is 1.36. The van der Waals surface area contributed by atoms with Crippen molar-refractivity contribution in [1.29, 1.82) is 0 Å². The predicted molar refractivity (Wildman–Crippen MR) is 108 cm³/mol. The first kappa shape index (κ1) is 19.0. The first-order valence-electron chi connectivity index (χ1n) is 10.0. The molecule has 2 aliphatic rings. The molecule has 0 heterocycles. The van der Waals surface area contributed by atoms with Gasteiger partial charge in [0.25, 0.3) is 0 Å². The van der Waals surface area contributed by atoms with E-state index in [1.165, 1.54) is 43.4 Å². The summed E-state index contributed by atoms with van der Waals surface area (Å²) < 4.78 is 5.40. The summed E-state index contributed by atoms with van der Waals surface area (Å²) in [5, 5.41) is 6.89. The van der Waals surface area contributed by atoms with Gasteiger partial charge in [0.05, 0.1) is 7.11 Å². The third-order valence-electron chi connectivity index (χ3n) is 5.35. The molecule has 0 amide bonds. The molecule has 0 bridgehead atoms. The van der Waals surface area contributed by atoms with Crippen LogP contribution in [0.3, 0.4) is 0 Å². The summed E-state index contributed by atoms with van der Waals surface area (Å²) in [6, 6.07) is 7.26. The highest BCUT2D eigenvalue weighted by molar-refractivity contribution is 5.79. The lowest BCUT2D eigenvalue weighted by molar-refractivity contribution is 0.256. The van der Waals surface area contributed by atoms with Gasteiger partial charge in [0, 0.05) is 39.3 Å². The van der Waals surface area contributed by atoms with Gasteiger partial charge in [0.1, 0.15) is 5.75 Å². The number of hydrogen-bond acceptors (Lipinski definition) is 3. The molecule has 0 atom stereocenters. The molecule has 2 N–H and O–H groups in total. The van der Waals surface area contributed by atoms with Crippen LogP contribution >= 0.6 is 0 Å². The second-order valence-electron chi connectivity index (χ2n) is 7.65. The molecule has 0 saturated heterocycles. The number of aliphatic imine (C=N–C) groups is 1. The predicted octanol–water partition coefficient (Wildman–Crippen LogP) is 2.59. The van der Waals surface area contributed by atoms with Gasteiger partial charge in [-0.3, -0.25) is 9.89 Å². The highest BCUT2D eigenvalue weighted by atomic mass is 16.5. The monoisotopic (exact) mass is 358 g/mol. The fourth-order valence-corrected chi connectivity index (χ4v) is 3.38. The molecule has 0 unspecified atom stereocenters. The highest BCUT2D eigenvalue weighted by Gasteiger charge is 2.33. The zero-order chi connectivity index (χ0) is 18.4. The van der Waals surface area contributed by atoms with Crippen molar-refractivity contribution in [3.05, 3.63) is 29.3 Å². The fourth-order valence-electron chi connectivity index (χ4n) is 3.38. The number of nitrogens with one attached hydrogen (secondary N) is 2. The minimum Gasteiger partial charge on any atom is -0.496 e. The fraction of sp³-hybridized carbons (Fsp3) is 0.667. The van der Waals surface area contributed by atoms with Crippen LogP contribution < -0.4 is 15.4 Å². The van der Waals surface area contributed by atoms with Crippen LogP contribution in [0.1, 0.15) is 36.8 Å². The maximum absolute atomic E-state index is 5.40. The zero-order valence-electron chi connectivity index (χ0n) is 16.6. The van der Waals surface area contributed by atoms with E-state index in [1.807, 2.05) is 7.05 Å². The Morgan fingerprint density at radius 3 is 2.62 bits per heavy atom. The van der Waals surface area contributed by atoms with Crippen molar-refractivity contribution in [2.45, 2.75) is 45.1 Å². The Morgan fingerprint density at radius 2 is 1.96 bits per heavy atom. The van der Waals surface area contributed by atoms with Crippen LogP contribution in [-0.2, 0) is 6.42 Å². The van der Waals surface area contributed by atoms with Gasteiger partial charge in [-0.15, -0.1) is 0 Å². The quantitative estimate of drug-likeness (QED) is 0.499. The molecule has 0 radical (unpaired) electrons. The van der Waals surface area contributed by atoms with Crippen molar-refractivity contribution in [2.75, 3.05) is 40.3 Å². The zero-order valence-corrected chi connectivity index (χ0v) is 16.6. The molecule has 2 fully saturated rings. The topological polar surface area (TPSA) is 48.9 Å². The molecule has 5 nitrogen and oxygen atoms in total. The highest BCUT2D eigenvalue weighted by Crippen LogP contribution is 2.34. The number of aryl methyl sites for hydroxylation is 1. The summed E-state index contributed by atoms with van der Waals surface area (Å²) in [6.07, 6.45) is 6.60. The number of guanidine groups is 1. The minimum atomic E-state index is 0.851. The second kappa shape index (κ2) is 9.26. The molecule has 1 aromatic carbocycles. The molecule has 144 valence electrons. The van der Waals surface area contributed by atoms with E-state index < -0.39 is 0 Å². The molecule has 3 rings (SSSR count). The minimum absolute atomic E-state index is 0.851. The molecule has 1 aromatic rings. The molecule has 0 aliphatic heterocycles. The van der Waals surface area contributed by atoms with Crippen molar-refractivity contribution in [3.63, 3.8) is 0 Å². The Bertz CT molecular complexity index is 608. The van der Waals surface area contributed by atoms with E-state index in [0.29, 0.717) is 0 Å². The van der Waals surface area contributed by atoms with Gasteiger partial charge in [-0.25, -0.2) is 0 Å². The van der Waals surface area contributed by atoms with Crippen molar-refractivity contribution in [3.8, 4) is 5.75 Å². The molecular formula is C21H34N4O. The smallest absolute Gasteiger partial charge is 0.191 e. The van der Waals surface area contributed by atoms with Gasteiger partial charge in [-0.2, -0.15) is 0 Å². The van der Waals surface area contributed by atoms with Crippen molar-refractivity contribution < 1.29 is 4.74 Å².